The Kier molecular flexibility index (Phi) is 8.27. The average Bonchev–Trinajstić information content (AvgIpc) is 2.68. The minimum Gasteiger partial charge on any atom is -0.452 e. The number of carbonyl (C=O) groups excluding carboxylic acids is 2. The first kappa shape index (κ1) is 25.6. The number of alkyl halides is 3. The van der Waals surface area contributed by atoms with Crippen LogP contribution in [0.3, 0.4) is 0 Å². The maximum atomic E-state index is 12.9. The molecule has 2 aromatic carbocycles. The summed E-state index contributed by atoms with van der Waals surface area (Å²) in [5.41, 5.74) is -0.420. The van der Waals surface area contributed by atoms with Crippen molar-refractivity contribution in [3.8, 4) is 0 Å². The number of amides is 1. The second-order valence-corrected chi connectivity index (χ2v) is 8.95. The molecule has 0 saturated heterocycles. The number of hydrogen-bond donors (Lipinski definition) is 2. The third-order valence-corrected chi connectivity index (χ3v) is 5.98. The van der Waals surface area contributed by atoms with E-state index in [-0.39, 0.29) is 23.5 Å². The van der Waals surface area contributed by atoms with Gasteiger partial charge in [0.1, 0.15) is 0 Å². The molecule has 1 atom stereocenters. The highest BCUT2D eigenvalue weighted by molar-refractivity contribution is 7.89. The van der Waals surface area contributed by atoms with Crippen LogP contribution in [-0.2, 0) is 30.5 Å². The molecule has 0 saturated carbocycles. The smallest absolute Gasteiger partial charge is 0.417 e. The molecule has 0 aliphatic rings. The molecule has 0 bridgehead atoms. The highest BCUT2D eigenvalue weighted by atomic mass is 35.5. The zero-order valence-electron chi connectivity index (χ0n) is 17.0. The molecule has 174 valence electrons. The first-order valence-electron chi connectivity index (χ1n) is 9.23. The number of ether oxygens (including phenoxy) is 1. The first-order chi connectivity index (χ1) is 14.8. The van der Waals surface area contributed by atoms with Gasteiger partial charge in [-0.3, -0.25) is 9.59 Å². The van der Waals surface area contributed by atoms with E-state index in [1.54, 1.807) is 19.1 Å². The van der Waals surface area contributed by atoms with Crippen molar-refractivity contribution in [3.63, 3.8) is 0 Å². The Hall–Kier alpha value is -2.63. The monoisotopic (exact) mass is 492 g/mol. The van der Waals surface area contributed by atoms with Gasteiger partial charge in [-0.15, -0.1) is 0 Å². The number of carbonyl (C=O) groups is 2. The molecule has 0 aliphatic heterocycles. The lowest BCUT2D eigenvalue weighted by atomic mass is 10.2. The number of aryl methyl sites for hydroxylation is 1. The number of hydrogen-bond acceptors (Lipinski definition) is 5. The summed E-state index contributed by atoms with van der Waals surface area (Å²) in [5.74, 6) is -1.74. The summed E-state index contributed by atoms with van der Waals surface area (Å²) in [4.78, 5) is 24.1. The summed E-state index contributed by atoms with van der Waals surface area (Å²) in [6, 6.07) is 8.91. The molecule has 0 heterocycles. The lowest BCUT2D eigenvalue weighted by molar-refractivity contribution is -0.152. The molecule has 2 aromatic rings. The van der Waals surface area contributed by atoms with Gasteiger partial charge < -0.3 is 10.1 Å². The molecule has 0 fully saturated rings. The lowest BCUT2D eigenvalue weighted by Crippen LogP contribution is -2.32. The number of halogens is 4. The van der Waals surface area contributed by atoms with Gasteiger partial charge in [0.2, 0.25) is 10.0 Å². The molecule has 7 nitrogen and oxygen atoms in total. The van der Waals surface area contributed by atoms with Crippen LogP contribution in [0.5, 0.6) is 0 Å². The lowest BCUT2D eigenvalue weighted by Gasteiger charge is -2.15. The summed E-state index contributed by atoms with van der Waals surface area (Å²) in [6.45, 7) is 2.76. The van der Waals surface area contributed by atoms with Crippen molar-refractivity contribution in [1.29, 1.82) is 0 Å². The standard InChI is InChI=1S/C20H20ClF3N2O5S/c1-12-3-6-15(7-4-12)32(29,30)25-10-9-18(27)31-13(2)19(28)26-14-5-8-17(21)16(11-14)20(22,23)24/h3-8,11,13,25H,9-10H2,1-2H3,(H,26,28). The van der Waals surface area contributed by atoms with Crippen LogP contribution in [0.15, 0.2) is 47.4 Å². The fourth-order valence-electron chi connectivity index (χ4n) is 2.46. The van der Waals surface area contributed by atoms with Crippen molar-refractivity contribution in [2.45, 2.75) is 37.4 Å². The quantitative estimate of drug-likeness (QED) is 0.544. The van der Waals surface area contributed by atoms with Crippen LogP contribution in [0, 0.1) is 6.92 Å². The SMILES string of the molecule is Cc1ccc(S(=O)(=O)NCCC(=O)OC(C)C(=O)Nc2ccc(Cl)c(C(F)(F)F)c2)cc1. The molecule has 2 N–H and O–H groups in total. The fraction of sp³-hybridized carbons (Fsp3) is 0.300. The molecular weight excluding hydrogens is 473 g/mol. The highest BCUT2D eigenvalue weighted by Gasteiger charge is 2.33. The van der Waals surface area contributed by atoms with Gasteiger partial charge in [0.05, 0.1) is 21.9 Å². The van der Waals surface area contributed by atoms with Crippen LogP contribution in [0.1, 0.15) is 24.5 Å². The topological polar surface area (TPSA) is 102 Å². The first-order valence-corrected chi connectivity index (χ1v) is 11.1. The van der Waals surface area contributed by atoms with E-state index in [9.17, 15) is 31.2 Å². The Morgan fingerprint density at radius 1 is 1.12 bits per heavy atom. The van der Waals surface area contributed by atoms with E-state index in [2.05, 4.69) is 10.0 Å². The molecule has 2 rings (SSSR count). The average molecular weight is 493 g/mol. The molecular formula is C20H20ClF3N2O5S. The van der Waals surface area contributed by atoms with Crippen LogP contribution in [0.25, 0.3) is 0 Å². The minimum absolute atomic E-state index is 0.0328. The second-order valence-electron chi connectivity index (χ2n) is 6.77. The van der Waals surface area contributed by atoms with Crippen LogP contribution in [-0.4, -0.2) is 32.9 Å². The Bertz CT molecular complexity index is 1090. The Balaban J connectivity index is 1.87. The highest BCUT2D eigenvalue weighted by Crippen LogP contribution is 2.36. The summed E-state index contributed by atoms with van der Waals surface area (Å²) in [5, 5.41) is 1.68. The Labute approximate surface area is 188 Å². The number of benzene rings is 2. The predicted molar refractivity (Wildman–Crippen MR) is 112 cm³/mol. The normalized spacial score (nSPS) is 12.8. The van der Waals surface area contributed by atoms with Gasteiger partial charge in [-0.25, -0.2) is 13.1 Å². The van der Waals surface area contributed by atoms with Crippen molar-refractivity contribution in [2.75, 3.05) is 11.9 Å². The third-order valence-electron chi connectivity index (χ3n) is 4.17. The van der Waals surface area contributed by atoms with E-state index in [1.165, 1.54) is 25.1 Å². The van der Waals surface area contributed by atoms with Crippen molar-refractivity contribution >= 4 is 39.2 Å². The summed E-state index contributed by atoms with van der Waals surface area (Å²) in [7, 11) is -3.82. The van der Waals surface area contributed by atoms with Gasteiger partial charge in [0.25, 0.3) is 5.91 Å². The molecule has 0 spiro atoms. The number of sulfonamides is 1. The molecule has 0 radical (unpaired) electrons. The molecule has 32 heavy (non-hydrogen) atoms. The van der Waals surface area contributed by atoms with Gasteiger partial charge in [-0.05, 0) is 44.2 Å². The van der Waals surface area contributed by atoms with Gasteiger partial charge in [0, 0.05) is 12.2 Å². The number of anilines is 1. The van der Waals surface area contributed by atoms with Gasteiger partial charge in [0.15, 0.2) is 6.10 Å². The maximum Gasteiger partial charge on any atom is 0.417 e. The van der Waals surface area contributed by atoms with Crippen LogP contribution in [0.2, 0.25) is 5.02 Å². The fourth-order valence-corrected chi connectivity index (χ4v) is 3.72. The van der Waals surface area contributed by atoms with E-state index < -0.39 is 44.8 Å². The van der Waals surface area contributed by atoms with Crippen LogP contribution >= 0.6 is 11.6 Å². The largest absolute Gasteiger partial charge is 0.452 e. The van der Waals surface area contributed by atoms with E-state index in [0.717, 1.165) is 11.6 Å². The van der Waals surface area contributed by atoms with E-state index >= 15 is 0 Å². The Morgan fingerprint density at radius 3 is 2.34 bits per heavy atom. The Morgan fingerprint density at radius 2 is 1.75 bits per heavy atom. The second kappa shape index (κ2) is 10.3. The summed E-state index contributed by atoms with van der Waals surface area (Å²) >= 11 is 5.52. The molecule has 1 amide bonds. The van der Waals surface area contributed by atoms with Crippen LogP contribution in [0.4, 0.5) is 18.9 Å². The number of esters is 1. The molecule has 0 aliphatic carbocycles. The van der Waals surface area contributed by atoms with E-state index in [0.29, 0.717) is 6.07 Å². The van der Waals surface area contributed by atoms with Gasteiger partial charge >= 0.3 is 12.1 Å². The maximum absolute atomic E-state index is 12.9. The zero-order valence-corrected chi connectivity index (χ0v) is 18.6. The van der Waals surface area contributed by atoms with Gasteiger partial charge in [-0.1, -0.05) is 29.3 Å². The van der Waals surface area contributed by atoms with E-state index in [4.69, 9.17) is 16.3 Å². The molecule has 1 unspecified atom stereocenters. The zero-order chi connectivity index (χ0) is 24.1. The number of nitrogens with one attached hydrogen (secondary N) is 2. The third kappa shape index (κ3) is 7.21. The van der Waals surface area contributed by atoms with Crippen LogP contribution < -0.4 is 10.0 Å². The van der Waals surface area contributed by atoms with Crippen molar-refractivity contribution in [1.82, 2.24) is 4.72 Å². The minimum atomic E-state index is -4.71. The van der Waals surface area contributed by atoms with Crippen molar-refractivity contribution < 1.29 is 35.9 Å². The van der Waals surface area contributed by atoms with Crippen molar-refractivity contribution in [2.24, 2.45) is 0 Å². The van der Waals surface area contributed by atoms with Gasteiger partial charge in [-0.2, -0.15) is 13.2 Å². The molecule has 0 aromatic heterocycles. The predicted octanol–water partition coefficient (Wildman–Crippen LogP) is 3.91. The summed E-state index contributed by atoms with van der Waals surface area (Å²) < 4.78 is 70.2. The summed E-state index contributed by atoms with van der Waals surface area (Å²) in [6.07, 6.45) is -6.40. The van der Waals surface area contributed by atoms with E-state index in [1.807, 2.05) is 0 Å². The molecule has 12 heteroatoms. The number of rotatable bonds is 8. The van der Waals surface area contributed by atoms with Crippen molar-refractivity contribution in [3.05, 3.63) is 58.6 Å².